The van der Waals surface area contributed by atoms with Gasteiger partial charge in [-0.3, -0.25) is 0 Å². The molecule has 3 aromatic carbocycles. The number of rotatable bonds is 0. The van der Waals surface area contributed by atoms with Crippen LogP contribution in [0, 0.1) is 0 Å². The van der Waals surface area contributed by atoms with Gasteiger partial charge in [-0.15, -0.1) is 0 Å². The summed E-state index contributed by atoms with van der Waals surface area (Å²) in [6.07, 6.45) is 5.73. The van der Waals surface area contributed by atoms with Gasteiger partial charge in [0.1, 0.15) is 0 Å². The third kappa shape index (κ3) is 1.62. The van der Waals surface area contributed by atoms with E-state index in [0.29, 0.717) is 0 Å². The van der Waals surface area contributed by atoms with E-state index in [1.807, 2.05) is 0 Å². The van der Waals surface area contributed by atoms with Gasteiger partial charge in [-0.05, 0) is 40.8 Å². The molecule has 1 nitrogen and oxygen atoms in total. The molecule has 0 aromatic heterocycles. The predicted octanol–water partition coefficient (Wildman–Crippen LogP) is 5.19. The van der Waals surface area contributed by atoms with Crippen LogP contribution >= 0.6 is 0 Å². The topological polar surface area (TPSA) is 12.0 Å². The van der Waals surface area contributed by atoms with Crippen molar-refractivity contribution in [2.45, 2.75) is 11.8 Å². The summed E-state index contributed by atoms with van der Waals surface area (Å²) in [7, 11) is 0. The lowest BCUT2D eigenvalue weighted by atomic mass is 9.63. The molecule has 0 amide bonds. The molecule has 1 spiro atoms. The quantitative estimate of drug-likeness (QED) is 0.563. The fourth-order valence-corrected chi connectivity index (χ4v) is 4.17. The molecule has 0 radical (unpaired) electrons. The van der Waals surface area contributed by atoms with Gasteiger partial charge in [-0.25, -0.2) is 0 Å². The minimum absolute atomic E-state index is 0.187. The third-order valence-electron chi connectivity index (χ3n) is 5.12. The van der Waals surface area contributed by atoms with Crippen LogP contribution in [-0.4, -0.2) is 0 Å². The van der Waals surface area contributed by atoms with Crippen LogP contribution < -0.4 is 5.32 Å². The van der Waals surface area contributed by atoms with Crippen LogP contribution in [0.15, 0.2) is 84.9 Å². The SMILES string of the molecule is C1=CC2(c3ccccc3C1)c1ccccc1Nc1ccccc12. The zero-order valence-corrected chi connectivity index (χ0v) is 12.8. The second-order valence-corrected chi connectivity index (χ2v) is 6.29. The van der Waals surface area contributed by atoms with Gasteiger partial charge >= 0.3 is 0 Å². The number of fused-ring (bicyclic) bond motifs is 6. The van der Waals surface area contributed by atoms with Crippen molar-refractivity contribution in [3.05, 3.63) is 107 Å². The molecule has 1 heterocycles. The van der Waals surface area contributed by atoms with Crippen molar-refractivity contribution in [2.75, 3.05) is 5.32 Å². The first-order valence-electron chi connectivity index (χ1n) is 8.12. The summed E-state index contributed by atoms with van der Waals surface area (Å²) >= 11 is 0. The first-order valence-corrected chi connectivity index (χ1v) is 8.12. The van der Waals surface area contributed by atoms with Crippen molar-refractivity contribution in [2.24, 2.45) is 0 Å². The van der Waals surface area contributed by atoms with E-state index in [4.69, 9.17) is 0 Å². The molecule has 0 saturated heterocycles. The van der Waals surface area contributed by atoms with E-state index < -0.39 is 0 Å². The molecule has 110 valence electrons. The zero-order chi connectivity index (χ0) is 15.3. The first-order chi connectivity index (χ1) is 11.4. The standard InChI is InChI=1S/C22H17N/c1-2-10-17-16(8-1)9-7-15-22(17)18-11-3-5-13-20(18)23-21-14-6-4-12-19(21)22/h1-8,10-15,23H,9H2. The van der Waals surface area contributed by atoms with E-state index in [2.05, 4.69) is 90.3 Å². The van der Waals surface area contributed by atoms with Gasteiger partial charge in [-0.1, -0.05) is 72.8 Å². The number of allylic oxidation sites excluding steroid dienone is 2. The van der Waals surface area contributed by atoms with Crippen LogP contribution in [-0.2, 0) is 11.8 Å². The maximum Gasteiger partial charge on any atom is 0.0675 e. The summed E-state index contributed by atoms with van der Waals surface area (Å²) in [5, 5.41) is 3.61. The number of anilines is 2. The summed E-state index contributed by atoms with van der Waals surface area (Å²) in [4.78, 5) is 0. The van der Waals surface area contributed by atoms with Gasteiger partial charge in [0.05, 0.1) is 5.41 Å². The smallest absolute Gasteiger partial charge is 0.0675 e. The average Bonchev–Trinajstić information content (AvgIpc) is 2.62. The van der Waals surface area contributed by atoms with Gasteiger partial charge < -0.3 is 5.32 Å². The second-order valence-electron chi connectivity index (χ2n) is 6.29. The Balaban J connectivity index is 1.94. The lowest BCUT2D eigenvalue weighted by Crippen LogP contribution is -2.34. The number of hydrogen-bond donors (Lipinski definition) is 1. The highest BCUT2D eigenvalue weighted by atomic mass is 14.9. The van der Waals surface area contributed by atoms with E-state index in [1.165, 1.54) is 33.6 Å². The van der Waals surface area contributed by atoms with Crippen molar-refractivity contribution in [3.63, 3.8) is 0 Å². The van der Waals surface area contributed by atoms with Crippen LogP contribution in [0.2, 0.25) is 0 Å². The molecular weight excluding hydrogens is 278 g/mol. The molecule has 23 heavy (non-hydrogen) atoms. The first kappa shape index (κ1) is 12.7. The van der Waals surface area contributed by atoms with Crippen LogP contribution in [0.1, 0.15) is 22.3 Å². The minimum atomic E-state index is -0.187. The summed E-state index contributed by atoms with van der Waals surface area (Å²) in [5.74, 6) is 0. The normalized spacial score (nSPS) is 16.2. The molecule has 0 fully saturated rings. The van der Waals surface area contributed by atoms with E-state index in [9.17, 15) is 0 Å². The highest BCUT2D eigenvalue weighted by Gasteiger charge is 2.42. The lowest BCUT2D eigenvalue weighted by Gasteiger charge is -2.42. The predicted molar refractivity (Wildman–Crippen MR) is 95.3 cm³/mol. The molecule has 1 aliphatic carbocycles. The summed E-state index contributed by atoms with van der Waals surface area (Å²) < 4.78 is 0. The highest BCUT2D eigenvalue weighted by molar-refractivity contribution is 5.81. The Kier molecular flexibility index (Phi) is 2.54. The van der Waals surface area contributed by atoms with Crippen LogP contribution in [0.25, 0.3) is 0 Å². The van der Waals surface area contributed by atoms with Crippen LogP contribution in [0.3, 0.4) is 0 Å². The summed E-state index contributed by atoms with van der Waals surface area (Å²) in [6, 6.07) is 26.2. The van der Waals surface area contributed by atoms with E-state index in [1.54, 1.807) is 0 Å². The van der Waals surface area contributed by atoms with E-state index in [0.717, 1.165) is 6.42 Å². The van der Waals surface area contributed by atoms with Gasteiger partial charge in [0.15, 0.2) is 0 Å². The monoisotopic (exact) mass is 295 g/mol. The van der Waals surface area contributed by atoms with Crippen molar-refractivity contribution in [1.29, 1.82) is 0 Å². The van der Waals surface area contributed by atoms with Gasteiger partial charge in [0, 0.05) is 11.4 Å². The Morgan fingerprint density at radius 2 is 1.22 bits per heavy atom. The van der Waals surface area contributed by atoms with Crippen molar-refractivity contribution >= 4 is 11.4 Å². The minimum Gasteiger partial charge on any atom is -0.355 e. The molecule has 0 atom stereocenters. The lowest BCUT2D eigenvalue weighted by molar-refractivity contribution is 0.743. The number of hydrogen-bond acceptors (Lipinski definition) is 1. The van der Waals surface area contributed by atoms with Gasteiger partial charge in [-0.2, -0.15) is 0 Å². The zero-order valence-electron chi connectivity index (χ0n) is 12.8. The van der Waals surface area contributed by atoms with Crippen molar-refractivity contribution in [3.8, 4) is 0 Å². The highest BCUT2D eigenvalue weighted by Crippen LogP contribution is 2.52. The molecule has 1 heteroatoms. The molecule has 3 aromatic rings. The molecule has 0 saturated carbocycles. The molecule has 2 aliphatic rings. The van der Waals surface area contributed by atoms with Crippen LogP contribution in [0.4, 0.5) is 11.4 Å². The van der Waals surface area contributed by atoms with Gasteiger partial charge in [0.25, 0.3) is 0 Å². The Morgan fingerprint density at radius 1 is 0.652 bits per heavy atom. The Bertz CT molecular complexity index is 890. The maximum absolute atomic E-state index is 3.61. The average molecular weight is 295 g/mol. The summed E-state index contributed by atoms with van der Waals surface area (Å²) in [5.41, 5.74) is 7.71. The maximum atomic E-state index is 3.61. The molecular formula is C22H17N. The molecule has 1 N–H and O–H groups in total. The van der Waals surface area contributed by atoms with Crippen molar-refractivity contribution in [1.82, 2.24) is 0 Å². The van der Waals surface area contributed by atoms with E-state index in [-0.39, 0.29) is 5.41 Å². The molecule has 5 rings (SSSR count). The second kappa shape index (κ2) is 4.60. The van der Waals surface area contributed by atoms with Crippen LogP contribution in [0.5, 0.6) is 0 Å². The fourth-order valence-electron chi connectivity index (χ4n) is 4.17. The van der Waals surface area contributed by atoms with Gasteiger partial charge in [0.2, 0.25) is 0 Å². The molecule has 0 bridgehead atoms. The Morgan fingerprint density at radius 3 is 1.91 bits per heavy atom. The Hall–Kier alpha value is -2.80. The largest absolute Gasteiger partial charge is 0.355 e. The third-order valence-corrected chi connectivity index (χ3v) is 5.12. The fraction of sp³-hybridized carbons (Fsp3) is 0.0909. The summed E-state index contributed by atoms with van der Waals surface area (Å²) in [6.45, 7) is 0. The van der Waals surface area contributed by atoms with E-state index >= 15 is 0 Å². The number of nitrogens with one attached hydrogen (secondary N) is 1. The molecule has 1 aliphatic heterocycles. The van der Waals surface area contributed by atoms with Crippen molar-refractivity contribution < 1.29 is 0 Å². The molecule has 0 unspecified atom stereocenters. The Labute approximate surface area is 136 Å². The number of benzene rings is 3. The number of para-hydroxylation sites is 2.